The van der Waals surface area contributed by atoms with Gasteiger partial charge in [0, 0.05) is 51.4 Å². The van der Waals surface area contributed by atoms with Gasteiger partial charge in [-0.2, -0.15) is 0 Å². The first kappa shape index (κ1) is 25.9. The van der Waals surface area contributed by atoms with Gasteiger partial charge in [-0.05, 0) is 98.2 Å². The second-order valence-corrected chi connectivity index (χ2v) is 14.6. The molecule has 3 saturated carbocycles. The first-order valence-corrected chi connectivity index (χ1v) is 15.5. The molecule has 4 aliphatic carbocycles. The van der Waals surface area contributed by atoms with Crippen LogP contribution < -0.4 is 0 Å². The maximum atomic E-state index is 13.2. The minimum absolute atomic E-state index is 0.125. The molecule has 0 spiro atoms. The van der Waals surface area contributed by atoms with Gasteiger partial charge in [-0.15, -0.1) is 0 Å². The first-order valence-electron chi connectivity index (χ1n) is 15.5. The minimum atomic E-state index is -0.125. The summed E-state index contributed by atoms with van der Waals surface area (Å²) in [5.74, 6) is 5.23. The molecule has 6 aliphatic rings. The van der Waals surface area contributed by atoms with Gasteiger partial charge >= 0.3 is 0 Å². The van der Waals surface area contributed by atoms with Crippen LogP contribution >= 0.6 is 0 Å². The topological polar surface area (TPSA) is 60.9 Å². The smallest absolute Gasteiger partial charge is 0.222 e. The fourth-order valence-corrected chi connectivity index (χ4v) is 10.8. The van der Waals surface area contributed by atoms with Crippen molar-refractivity contribution >= 4 is 11.8 Å². The zero-order chi connectivity index (χ0) is 26.1. The van der Waals surface area contributed by atoms with Gasteiger partial charge in [0.05, 0.1) is 6.10 Å². The average molecular weight is 511 g/mol. The number of nitrogens with zero attached hydrogens (tertiary/aromatic N) is 2. The third-order valence-electron chi connectivity index (χ3n) is 12.9. The molecule has 2 aliphatic heterocycles. The molecule has 6 rings (SSSR count). The van der Waals surface area contributed by atoms with Gasteiger partial charge < -0.3 is 14.9 Å². The van der Waals surface area contributed by atoms with E-state index in [4.69, 9.17) is 0 Å². The summed E-state index contributed by atoms with van der Waals surface area (Å²) >= 11 is 0. The molecular weight excluding hydrogens is 460 g/mol. The number of fused-ring (bicyclic) bond motifs is 6. The number of hydrogen-bond donors (Lipinski definition) is 1. The van der Waals surface area contributed by atoms with Crippen LogP contribution in [0.4, 0.5) is 0 Å². The fraction of sp³-hybridized carbons (Fsp3) is 0.875. The van der Waals surface area contributed by atoms with E-state index >= 15 is 0 Å². The van der Waals surface area contributed by atoms with E-state index in [-0.39, 0.29) is 12.0 Å². The third-order valence-corrected chi connectivity index (χ3v) is 12.9. The molecule has 5 nitrogen and oxygen atoms in total. The lowest BCUT2D eigenvalue weighted by molar-refractivity contribution is -0.131. The molecule has 0 aromatic carbocycles. The van der Waals surface area contributed by atoms with Crippen LogP contribution in [0.5, 0.6) is 0 Å². The number of allylic oxidation sites excluding steroid dienone is 1. The summed E-state index contributed by atoms with van der Waals surface area (Å²) in [5.41, 5.74) is 2.30. The van der Waals surface area contributed by atoms with Crippen molar-refractivity contribution in [2.75, 3.05) is 26.2 Å². The van der Waals surface area contributed by atoms with Gasteiger partial charge in [0.15, 0.2) is 0 Å². The Hall–Kier alpha value is -1.36. The predicted molar refractivity (Wildman–Crippen MR) is 145 cm³/mol. The molecule has 0 radical (unpaired) electrons. The molecule has 10 atom stereocenters. The van der Waals surface area contributed by atoms with Gasteiger partial charge in [-0.1, -0.05) is 32.4 Å². The highest BCUT2D eigenvalue weighted by molar-refractivity contribution is 5.77. The molecule has 1 unspecified atom stereocenters. The number of carbonyl (C=O) groups is 2. The minimum Gasteiger partial charge on any atom is -0.393 e. The van der Waals surface area contributed by atoms with Crippen molar-refractivity contribution in [1.82, 2.24) is 9.80 Å². The molecule has 0 aromatic heterocycles. The number of rotatable bonds is 4. The van der Waals surface area contributed by atoms with Crippen molar-refractivity contribution in [3.05, 3.63) is 11.6 Å². The summed E-state index contributed by atoms with van der Waals surface area (Å²) in [6.45, 7) is 12.6. The number of aliphatic hydroxyl groups excluding tert-OH is 1. The molecule has 2 heterocycles. The van der Waals surface area contributed by atoms with Gasteiger partial charge in [-0.3, -0.25) is 9.59 Å². The van der Waals surface area contributed by atoms with Gasteiger partial charge in [-0.25, -0.2) is 0 Å². The second kappa shape index (κ2) is 9.38. The van der Waals surface area contributed by atoms with Gasteiger partial charge in [0.2, 0.25) is 11.8 Å². The van der Waals surface area contributed by atoms with E-state index in [9.17, 15) is 14.7 Å². The van der Waals surface area contributed by atoms with E-state index in [0.29, 0.717) is 40.9 Å². The Kier molecular flexibility index (Phi) is 6.57. The third kappa shape index (κ3) is 4.21. The second-order valence-electron chi connectivity index (χ2n) is 14.6. The summed E-state index contributed by atoms with van der Waals surface area (Å²) in [6.07, 6.45) is 13.8. The van der Waals surface area contributed by atoms with Crippen molar-refractivity contribution in [2.24, 2.45) is 52.3 Å². The summed E-state index contributed by atoms with van der Waals surface area (Å²) in [6, 6.07) is 0. The van der Waals surface area contributed by atoms with E-state index < -0.39 is 0 Å². The van der Waals surface area contributed by atoms with Crippen molar-refractivity contribution in [3.63, 3.8) is 0 Å². The zero-order valence-corrected chi connectivity index (χ0v) is 23.8. The fourth-order valence-electron chi connectivity index (χ4n) is 10.8. The highest BCUT2D eigenvalue weighted by atomic mass is 16.3. The molecule has 2 saturated heterocycles. The molecule has 0 bridgehead atoms. The van der Waals surface area contributed by atoms with E-state index in [0.717, 1.165) is 75.5 Å². The SMILES string of the molecule is CC(=O)N1C[C@@H]2CN(C(=O)CCC(C)[C@H]3CC[C@H]4[C@@H]5CC=C6C[C@@H](O)CC[C@]6(C)[C@H]5CC[C@]34C)C[C@@H]2C1. The zero-order valence-electron chi connectivity index (χ0n) is 23.8. The van der Waals surface area contributed by atoms with Crippen molar-refractivity contribution < 1.29 is 14.7 Å². The van der Waals surface area contributed by atoms with Crippen LogP contribution in [0.2, 0.25) is 0 Å². The lowest BCUT2D eigenvalue weighted by Gasteiger charge is -2.58. The largest absolute Gasteiger partial charge is 0.393 e. The molecule has 37 heavy (non-hydrogen) atoms. The maximum Gasteiger partial charge on any atom is 0.222 e. The van der Waals surface area contributed by atoms with Crippen molar-refractivity contribution in [2.45, 2.75) is 98.0 Å². The Morgan fingerprint density at radius 2 is 1.70 bits per heavy atom. The first-order chi connectivity index (χ1) is 17.6. The molecule has 5 fully saturated rings. The van der Waals surface area contributed by atoms with Crippen molar-refractivity contribution in [3.8, 4) is 0 Å². The number of amides is 2. The van der Waals surface area contributed by atoms with E-state index in [2.05, 4.69) is 31.7 Å². The summed E-state index contributed by atoms with van der Waals surface area (Å²) < 4.78 is 0. The highest BCUT2D eigenvalue weighted by Crippen LogP contribution is 2.67. The molecule has 2 amide bonds. The molecule has 206 valence electrons. The van der Waals surface area contributed by atoms with E-state index in [1.807, 2.05) is 4.90 Å². The standard InChI is InChI=1S/C32H50N2O3/c1-20(5-10-30(37)34-18-22-16-33(21(2)35)17-23(22)19-34)27-8-9-28-26-7-6-24-15-25(36)11-13-31(24,3)29(26)12-14-32(27,28)4/h6,20,22-23,25-29,36H,5,7-19H2,1-4H3/t20?,22-,23+,25-,26-,27+,28-,29-,31-,32+/m0/s1. The monoisotopic (exact) mass is 510 g/mol. The number of hydrogen-bond acceptors (Lipinski definition) is 3. The molecule has 1 N–H and O–H groups in total. The predicted octanol–water partition coefficient (Wildman–Crippen LogP) is 5.28. The Bertz CT molecular complexity index is 948. The van der Waals surface area contributed by atoms with Crippen LogP contribution in [0, 0.1) is 52.3 Å². The number of carbonyl (C=O) groups excluding carboxylic acids is 2. The molecule has 0 aromatic rings. The molecule has 5 heteroatoms. The maximum absolute atomic E-state index is 13.2. The Labute approximate surface area is 224 Å². The summed E-state index contributed by atoms with van der Waals surface area (Å²) in [4.78, 5) is 29.0. The van der Waals surface area contributed by atoms with Crippen LogP contribution in [0.3, 0.4) is 0 Å². The van der Waals surface area contributed by atoms with Crippen LogP contribution in [0.25, 0.3) is 0 Å². The quantitative estimate of drug-likeness (QED) is 0.524. The number of likely N-dealkylation sites (tertiary alicyclic amines) is 2. The van der Waals surface area contributed by atoms with Gasteiger partial charge in [0.25, 0.3) is 0 Å². The van der Waals surface area contributed by atoms with Crippen LogP contribution in [-0.2, 0) is 9.59 Å². The normalized spacial score (nSPS) is 45.5. The Morgan fingerprint density at radius 1 is 1.00 bits per heavy atom. The van der Waals surface area contributed by atoms with E-state index in [1.165, 1.54) is 32.1 Å². The number of aliphatic hydroxyl groups is 1. The van der Waals surface area contributed by atoms with Crippen molar-refractivity contribution in [1.29, 1.82) is 0 Å². The van der Waals surface area contributed by atoms with Crippen LogP contribution in [0.15, 0.2) is 11.6 Å². The summed E-state index contributed by atoms with van der Waals surface area (Å²) in [7, 11) is 0. The molecular formula is C32H50N2O3. The van der Waals surface area contributed by atoms with Crippen LogP contribution in [-0.4, -0.2) is 59.0 Å². The van der Waals surface area contributed by atoms with Gasteiger partial charge in [0.1, 0.15) is 0 Å². The van der Waals surface area contributed by atoms with E-state index in [1.54, 1.807) is 12.5 Å². The Morgan fingerprint density at radius 3 is 2.41 bits per heavy atom. The summed E-state index contributed by atoms with van der Waals surface area (Å²) in [5, 5.41) is 10.3. The van der Waals surface area contributed by atoms with Crippen LogP contribution in [0.1, 0.15) is 91.9 Å². The lowest BCUT2D eigenvalue weighted by Crippen LogP contribution is -2.50. The highest BCUT2D eigenvalue weighted by Gasteiger charge is 2.59. The lowest BCUT2D eigenvalue weighted by atomic mass is 9.47. The average Bonchev–Trinajstić information content (AvgIpc) is 3.54. The Balaban J connectivity index is 1.06.